The molecule has 2 heterocycles. The highest BCUT2D eigenvalue weighted by Gasteiger charge is 2.30. The van der Waals surface area contributed by atoms with Crippen LogP contribution in [0.25, 0.3) is 11.1 Å². The molecular weight excluding hydrogens is 426 g/mol. The smallest absolute Gasteiger partial charge is 0.150 e. The number of nitrogens with zero attached hydrogens (tertiary/aromatic N) is 1. The van der Waals surface area contributed by atoms with Gasteiger partial charge in [-0.05, 0) is 65.9 Å². The zero-order valence-electron chi connectivity index (χ0n) is 19.7. The Labute approximate surface area is 200 Å². The van der Waals surface area contributed by atoms with Gasteiger partial charge in [0.05, 0.1) is 0 Å². The number of hydrogen-bond acceptors (Lipinski definition) is 5. The number of likely N-dealkylation sites (tertiary alicyclic amines) is 1. The van der Waals surface area contributed by atoms with Crippen LogP contribution in [-0.2, 0) is 0 Å². The van der Waals surface area contributed by atoms with E-state index in [4.69, 9.17) is 9.47 Å². The van der Waals surface area contributed by atoms with E-state index in [0.29, 0.717) is 12.4 Å². The van der Waals surface area contributed by atoms with Crippen LogP contribution in [0.4, 0.5) is 0 Å². The van der Waals surface area contributed by atoms with Crippen LogP contribution in [0.15, 0.2) is 66.7 Å². The summed E-state index contributed by atoms with van der Waals surface area (Å²) in [5.41, 5.74) is 4.86. The molecule has 1 saturated heterocycles. The Hall–Kier alpha value is -3.44. The van der Waals surface area contributed by atoms with E-state index < -0.39 is 0 Å². The molecule has 1 unspecified atom stereocenters. The lowest BCUT2D eigenvalue weighted by molar-refractivity contribution is 0.0806. The molecule has 0 amide bonds. The molecule has 0 saturated carbocycles. The van der Waals surface area contributed by atoms with Gasteiger partial charge in [0.1, 0.15) is 35.7 Å². The van der Waals surface area contributed by atoms with Crippen LogP contribution in [0.2, 0.25) is 0 Å². The third-order valence-corrected chi connectivity index (χ3v) is 6.91. The Bertz CT molecular complexity index is 1200. The van der Waals surface area contributed by atoms with Gasteiger partial charge in [0.25, 0.3) is 0 Å². The van der Waals surface area contributed by atoms with Crippen molar-refractivity contribution in [2.45, 2.75) is 26.4 Å². The average Bonchev–Trinajstić information content (AvgIpc) is 2.80. The summed E-state index contributed by atoms with van der Waals surface area (Å²) in [6, 6.07) is 20.5. The van der Waals surface area contributed by atoms with E-state index in [1.807, 2.05) is 42.5 Å². The van der Waals surface area contributed by atoms with Crippen LogP contribution in [-0.4, -0.2) is 41.4 Å². The first-order valence-corrected chi connectivity index (χ1v) is 12.0. The van der Waals surface area contributed by atoms with Crippen molar-refractivity contribution in [3.8, 4) is 23.0 Å². The molecule has 2 aliphatic rings. The Morgan fingerprint density at radius 2 is 1.74 bits per heavy atom. The number of fused-ring (bicyclic) bond motifs is 1. The molecule has 2 aliphatic heterocycles. The summed E-state index contributed by atoms with van der Waals surface area (Å²) >= 11 is 0. The van der Waals surface area contributed by atoms with Gasteiger partial charge in [0.2, 0.25) is 0 Å². The van der Waals surface area contributed by atoms with Gasteiger partial charge in [0.15, 0.2) is 0 Å². The van der Waals surface area contributed by atoms with Gasteiger partial charge in [-0.25, -0.2) is 0 Å². The molecule has 5 heteroatoms. The SMILES string of the molecule is CCC1CN(CCOc2ccc(C3Oc4cc(O)ccc4C(C)=C3c3cccc(O)c3)cc2)C1. The second-order valence-corrected chi connectivity index (χ2v) is 9.22. The maximum Gasteiger partial charge on any atom is 0.150 e. The predicted octanol–water partition coefficient (Wildman–Crippen LogP) is 5.88. The van der Waals surface area contributed by atoms with Gasteiger partial charge >= 0.3 is 0 Å². The van der Waals surface area contributed by atoms with E-state index in [2.05, 4.69) is 18.7 Å². The normalized spacial score (nSPS) is 18.2. The Morgan fingerprint density at radius 3 is 2.47 bits per heavy atom. The van der Waals surface area contributed by atoms with Crippen LogP contribution in [0, 0.1) is 5.92 Å². The minimum absolute atomic E-state index is 0.169. The molecule has 0 spiro atoms. The standard InChI is InChI=1S/C29H31NO4/c1-3-20-17-30(18-20)13-14-33-25-10-7-21(8-11-25)29-28(22-5-4-6-23(31)15-22)19(2)26-12-9-24(32)16-27(26)34-29/h4-12,15-16,20,29,31-32H,3,13-14,17-18H2,1-2H3. The lowest BCUT2D eigenvalue weighted by Crippen LogP contribution is -2.47. The fourth-order valence-corrected chi connectivity index (χ4v) is 4.87. The maximum absolute atomic E-state index is 10.1. The summed E-state index contributed by atoms with van der Waals surface area (Å²) in [5.74, 6) is 2.71. The molecule has 0 bridgehead atoms. The van der Waals surface area contributed by atoms with Crippen LogP contribution in [0.1, 0.15) is 43.1 Å². The molecule has 2 N–H and O–H groups in total. The van der Waals surface area contributed by atoms with Crippen molar-refractivity contribution in [1.29, 1.82) is 0 Å². The van der Waals surface area contributed by atoms with Crippen LogP contribution in [0.3, 0.4) is 0 Å². The maximum atomic E-state index is 10.1. The number of allylic oxidation sites excluding steroid dienone is 1. The van der Waals surface area contributed by atoms with Crippen molar-refractivity contribution in [2.75, 3.05) is 26.2 Å². The molecular formula is C29H31NO4. The lowest BCUT2D eigenvalue weighted by Gasteiger charge is -2.38. The highest BCUT2D eigenvalue weighted by Crippen LogP contribution is 2.47. The Kier molecular flexibility index (Phi) is 6.20. The van der Waals surface area contributed by atoms with E-state index in [9.17, 15) is 10.2 Å². The third-order valence-electron chi connectivity index (χ3n) is 6.91. The number of phenols is 2. The van der Waals surface area contributed by atoms with Gasteiger partial charge in [0, 0.05) is 36.8 Å². The molecule has 1 fully saturated rings. The summed E-state index contributed by atoms with van der Waals surface area (Å²) in [5, 5.41) is 20.1. The highest BCUT2D eigenvalue weighted by molar-refractivity contribution is 5.95. The summed E-state index contributed by atoms with van der Waals surface area (Å²) in [6.45, 7) is 8.29. The second-order valence-electron chi connectivity index (χ2n) is 9.22. The van der Waals surface area contributed by atoms with Gasteiger partial charge in [-0.15, -0.1) is 0 Å². The van der Waals surface area contributed by atoms with Gasteiger partial charge in [-0.1, -0.05) is 37.6 Å². The zero-order chi connectivity index (χ0) is 23.7. The summed E-state index contributed by atoms with van der Waals surface area (Å²) in [7, 11) is 0. The molecule has 0 aliphatic carbocycles. The van der Waals surface area contributed by atoms with Crippen molar-refractivity contribution in [1.82, 2.24) is 4.90 Å². The first kappa shape index (κ1) is 22.4. The Morgan fingerprint density at radius 1 is 0.971 bits per heavy atom. The van der Waals surface area contributed by atoms with E-state index >= 15 is 0 Å². The van der Waals surface area contributed by atoms with E-state index in [0.717, 1.165) is 46.0 Å². The summed E-state index contributed by atoms with van der Waals surface area (Å²) in [4.78, 5) is 2.43. The molecule has 0 radical (unpaired) electrons. The molecule has 1 atom stereocenters. The van der Waals surface area contributed by atoms with Crippen molar-refractivity contribution in [2.24, 2.45) is 5.92 Å². The molecule has 5 nitrogen and oxygen atoms in total. The van der Waals surface area contributed by atoms with Crippen LogP contribution >= 0.6 is 0 Å². The molecule has 3 aromatic rings. The monoisotopic (exact) mass is 457 g/mol. The number of rotatable bonds is 7. The first-order valence-electron chi connectivity index (χ1n) is 12.0. The lowest BCUT2D eigenvalue weighted by atomic mass is 9.86. The minimum Gasteiger partial charge on any atom is -0.508 e. The number of ether oxygens (including phenoxy) is 2. The molecule has 3 aromatic carbocycles. The van der Waals surface area contributed by atoms with Crippen LogP contribution in [0.5, 0.6) is 23.0 Å². The van der Waals surface area contributed by atoms with Gasteiger partial charge in [-0.2, -0.15) is 0 Å². The summed E-state index contributed by atoms with van der Waals surface area (Å²) in [6.07, 6.45) is 0.877. The zero-order valence-corrected chi connectivity index (χ0v) is 19.7. The number of phenolic OH excluding ortho intramolecular Hbond substituents is 2. The minimum atomic E-state index is -0.378. The fourth-order valence-electron chi connectivity index (χ4n) is 4.87. The van der Waals surface area contributed by atoms with Gasteiger partial charge < -0.3 is 19.7 Å². The number of benzene rings is 3. The van der Waals surface area contributed by atoms with E-state index in [1.165, 1.54) is 19.5 Å². The predicted molar refractivity (Wildman–Crippen MR) is 134 cm³/mol. The third kappa shape index (κ3) is 4.48. The van der Waals surface area contributed by atoms with Crippen molar-refractivity contribution < 1.29 is 19.7 Å². The molecule has 34 heavy (non-hydrogen) atoms. The molecule has 176 valence electrons. The van der Waals surface area contributed by atoms with Crippen molar-refractivity contribution in [3.05, 3.63) is 83.4 Å². The number of aromatic hydroxyl groups is 2. The average molecular weight is 458 g/mol. The first-order chi connectivity index (χ1) is 16.5. The topological polar surface area (TPSA) is 62.2 Å². The quantitative estimate of drug-likeness (QED) is 0.464. The largest absolute Gasteiger partial charge is 0.508 e. The van der Waals surface area contributed by atoms with Gasteiger partial charge in [-0.3, -0.25) is 4.90 Å². The highest BCUT2D eigenvalue weighted by atomic mass is 16.5. The fraction of sp³-hybridized carbons (Fsp3) is 0.310. The molecule has 0 aromatic heterocycles. The molecule has 5 rings (SSSR count). The second kappa shape index (κ2) is 9.43. The van der Waals surface area contributed by atoms with Crippen molar-refractivity contribution >= 4 is 11.1 Å². The van der Waals surface area contributed by atoms with E-state index in [1.54, 1.807) is 24.3 Å². The van der Waals surface area contributed by atoms with Crippen molar-refractivity contribution in [3.63, 3.8) is 0 Å². The number of hydrogen-bond donors (Lipinski definition) is 2. The van der Waals surface area contributed by atoms with E-state index in [-0.39, 0.29) is 17.6 Å². The Balaban J connectivity index is 1.38. The summed E-state index contributed by atoms with van der Waals surface area (Å²) < 4.78 is 12.4. The van der Waals surface area contributed by atoms with Crippen LogP contribution < -0.4 is 9.47 Å².